The molecule has 6 nitrogen and oxygen atoms in total. The van der Waals surface area contributed by atoms with Crippen molar-refractivity contribution in [2.45, 2.75) is 0 Å². The number of aromatic nitrogens is 4. The third kappa shape index (κ3) is 1.66. The van der Waals surface area contributed by atoms with Gasteiger partial charge in [0.15, 0.2) is 5.82 Å². The number of aromatic carboxylic acids is 1. The fraction of sp³-hybridized carbons (Fsp3) is 0. The van der Waals surface area contributed by atoms with Crippen molar-refractivity contribution in [1.82, 2.24) is 19.7 Å². The molecule has 0 aliphatic heterocycles. The summed E-state index contributed by atoms with van der Waals surface area (Å²) in [6.07, 6.45) is 2.63. The van der Waals surface area contributed by atoms with Crippen molar-refractivity contribution in [3.05, 3.63) is 35.5 Å². The molecule has 1 N–H and O–H groups in total. The van der Waals surface area contributed by atoms with Crippen molar-refractivity contribution in [3.63, 3.8) is 0 Å². The molecule has 0 aromatic carbocycles. The molecule has 0 spiro atoms. The van der Waals surface area contributed by atoms with E-state index in [1.54, 1.807) is 12.1 Å². The van der Waals surface area contributed by atoms with E-state index in [1.165, 1.54) is 6.20 Å². The Morgan fingerprint density at radius 3 is 2.93 bits per heavy atom. The number of pyridine rings is 1. The first kappa shape index (κ1) is 9.60. The second-order valence-electron chi connectivity index (χ2n) is 2.61. The predicted octanol–water partition coefficient (Wildman–Crippen LogP) is 1.01. The van der Waals surface area contributed by atoms with Crippen molar-refractivity contribution < 1.29 is 9.90 Å². The molecule has 2 rings (SSSR count). The average Bonchev–Trinajstić information content (AvgIpc) is 2.67. The van der Waals surface area contributed by atoms with Gasteiger partial charge in [0.2, 0.25) is 5.82 Å². The van der Waals surface area contributed by atoms with Crippen LogP contribution in [-0.2, 0) is 0 Å². The first-order valence-electron chi connectivity index (χ1n) is 3.94. The Bertz CT molecular complexity index is 511. The van der Waals surface area contributed by atoms with Gasteiger partial charge in [0.1, 0.15) is 6.33 Å². The maximum Gasteiger partial charge on any atom is 0.374 e. The zero-order valence-corrected chi connectivity index (χ0v) is 8.09. The van der Waals surface area contributed by atoms with Gasteiger partial charge in [-0.25, -0.2) is 14.8 Å². The van der Waals surface area contributed by atoms with Crippen LogP contribution in [0, 0.1) is 0 Å². The number of nitrogens with zero attached hydrogens (tertiary/aromatic N) is 4. The quantitative estimate of drug-likeness (QED) is 0.824. The largest absolute Gasteiger partial charge is 0.475 e. The summed E-state index contributed by atoms with van der Waals surface area (Å²) >= 11 is 5.85. The molecule has 0 saturated heterocycles. The van der Waals surface area contributed by atoms with Gasteiger partial charge in [-0.05, 0) is 12.1 Å². The molecule has 76 valence electrons. The number of carboxylic acid groups (broad SMARTS) is 1. The van der Waals surface area contributed by atoms with Crippen LogP contribution < -0.4 is 0 Å². The lowest BCUT2D eigenvalue weighted by molar-refractivity contribution is 0.0680. The lowest BCUT2D eigenvalue weighted by Crippen LogP contribution is -2.10. The van der Waals surface area contributed by atoms with Crippen LogP contribution in [0.3, 0.4) is 0 Å². The van der Waals surface area contributed by atoms with Crippen molar-refractivity contribution in [2.75, 3.05) is 0 Å². The topological polar surface area (TPSA) is 80.9 Å². The van der Waals surface area contributed by atoms with Crippen molar-refractivity contribution in [3.8, 4) is 5.82 Å². The molecule has 0 saturated carbocycles. The molecule has 0 aliphatic carbocycles. The monoisotopic (exact) mass is 224 g/mol. The Labute approximate surface area is 89.2 Å². The molecule has 2 heterocycles. The summed E-state index contributed by atoms with van der Waals surface area (Å²) in [4.78, 5) is 18.3. The van der Waals surface area contributed by atoms with Gasteiger partial charge in [-0.15, -0.1) is 0 Å². The van der Waals surface area contributed by atoms with E-state index in [2.05, 4.69) is 15.1 Å². The number of hydrogen-bond acceptors (Lipinski definition) is 4. The number of carbonyl (C=O) groups is 1. The van der Waals surface area contributed by atoms with Crippen LogP contribution >= 0.6 is 11.6 Å². The highest BCUT2D eigenvalue weighted by Gasteiger charge is 2.16. The van der Waals surface area contributed by atoms with Gasteiger partial charge in [0.25, 0.3) is 0 Å². The van der Waals surface area contributed by atoms with Crippen LogP contribution in [0.4, 0.5) is 0 Å². The molecule has 0 fully saturated rings. The minimum atomic E-state index is -1.19. The van der Waals surface area contributed by atoms with E-state index in [0.717, 1.165) is 11.0 Å². The number of halogens is 1. The Morgan fingerprint density at radius 1 is 1.47 bits per heavy atom. The average molecular weight is 225 g/mol. The van der Waals surface area contributed by atoms with Gasteiger partial charge >= 0.3 is 5.97 Å². The third-order valence-corrected chi connectivity index (χ3v) is 1.97. The van der Waals surface area contributed by atoms with Crippen LogP contribution in [-0.4, -0.2) is 30.8 Å². The maximum atomic E-state index is 10.8. The van der Waals surface area contributed by atoms with E-state index in [0.29, 0.717) is 5.02 Å². The van der Waals surface area contributed by atoms with E-state index in [1.807, 2.05) is 0 Å². The van der Waals surface area contributed by atoms with Gasteiger partial charge < -0.3 is 5.11 Å². The second kappa shape index (κ2) is 3.66. The number of hydrogen-bond donors (Lipinski definition) is 1. The Morgan fingerprint density at radius 2 is 2.27 bits per heavy atom. The summed E-state index contributed by atoms with van der Waals surface area (Å²) in [6.45, 7) is 0. The molecule has 2 aromatic rings. The van der Waals surface area contributed by atoms with Crippen LogP contribution in [0.1, 0.15) is 10.6 Å². The third-order valence-electron chi connectivity index (χ3n) is 1.68. The minimum Gasteiger partial charge on any atom is -0.475 e. The zero-order valence-electron chi connectivity index (χ0n) is 7.33. The number of carboxylic acids is 1. The first-order valence-corrected chi connectivity index (χ1v) is 4.32. The number of rotatable bonds is 2. The highest BCUT2D eigenvalue weighted by molar-refractivity contribution is 6.32. The molecular weight excluding hydrogens is 220 g/mol. The van der Waals surface area contributed by atoms with E-state index >= 15 is 0 Å². The molecule has 0 aliphatic rings. The predicted molar refractivity (Wildman–Crippen MR) is 51.1 cm³/mol. The Hall–Kier alpha value is -1.95. The van der Waals surface area contributed by atoms with Crippen molar-refractivity contribution in [2.24, 2.45) is 0 Å². The minimum absolute atomic E-state index is 0.226. The van der Waals surface area contributed by atoms with Crippen molar-refractivity contribution >= 4 is 17.6 Å². The summed E-state index contributed by atoms with van der Waals surface area (Å²) in [5.41, 5.74) is 0. The summed E-state index contributed by atoms with van der Waals surface area (Å²) in [7, 11) is 0. The molecule has 0 atom stereocenters. The maximum absolute atomic E-state index is 10.8. The van der Waals surface area contributed by atoms with Crippen LogP contribution in [0.15, 0.2) is 24.7 Å². The SMILES string of the molecule is O=C(O)c1ncnn1-c1ncccc1Cl. The molecular formula is C8H5ClN4O2. The molecule has 2 aromatic heterocycles. The summed E-state index contributed by atoms with van der Waals surface area (Å²) in [5.74, 6) is -1.17. The van der Waals surface area contributed by atoms with Gasteiger partial charge in [-0.2, -0.15) is 9.78 Å². The summed E-state index contributed by atoms with van der Waals surface area (Å²) < 4.78 is 1.07. The molecule has 7 heteroatoms. The van der Waals surface area contributed by atoms with Gasteiger partial charge in [-0.1, -0.05) is 11.6 Å². The standard InChI is InChI=1S/C8H5ClN4O2/c9-5-2-1-3-10-6(5)13-7(8(14)15)11-4-12-13/h1-4H,(H,14,15). The van der Waals surface area contributed by atoms with E-state index in [9.17, 15) is 4.79 Å². The molecule has 0 bridgehead atoms. The first-order chi connectivity index (χ1) is 7.20. The van der Waals surface area contributed by atoms with Crippen LogP contribution in [0.2, 0.25) is 5.02 Å². The Kier molecular flexibility index (Phi) is 2.34. The van der Waals surface area contributed by atoms with Gasteiger partial charge in [-0.3, -0.25) is 0 Å². The highest BCUT2D eigenvalue weighted by Crippen LogP contribution is 2.16. The van der Waals surface area contributed by atoms with Crippen molar-refractivity contribution in [1.29, 1.82) is 0 Å². The molecule has 0 amide bonds. The fourth-order valence-corrected chi connectivity index (χ4v) is 1.28. The van der Waals surface area contributed by atoms with E-state index in [-0.39, 0.29) is 11.6 Å². The zero-order chi connectivity index (χ0) is 10.8. The van der Waals surface area contributed by atoms with E-state index < -0.39 is 5.97 Å². The van der Waals surface area contributed by atoms with Gasteiger partial charge in [0, 0.05) is 6.20 Å². The molecule has 15 heavy (non-hydrogen) atoms. The molecule has 0 radical (unpaired) electrons. The van der Waals surface area contributed by atoms with Crippen LogP contribution in [0.5, 0.6) is 0 Å². The Balaban J connectivity index is 2.59. The molecule has 0 unspecified atom stereocenters. The second-order valence-corrected chi connectivity index (χ2v) is 3.02. The van der Waals surface area contributed by atoms with Gasteiger partial charge in [0.05, 0.1) is 5.02 Å². The van der Waals surface area contributed by atoms with Crippen LogP contribution in [0.25, 0.3) is 5.82 Å². The highest BCUT2D eigenvalue weighted by atomic mass is 35.5. The summed E-state index contributed by atoms with van der Waals surface area (Å²) in [5, 5.41) is 12.9. The fourth-order valence-electron chi connectivity index (χ4n) is 1.08. The van der Waals surface area contributed by atoms with E-state index in [4.69, 9.17) is 16.7 Å². The smallest absolute Gasteiger partial charge is 0.374 e. The lowest BCUT2D eigenvalue weighted by Gasteiger charge is -2.02. The normalized spacial score (nSPS) is 10.2. The summed E-state index contributed by atoms with van der Waals surface area (Å²) in [6, 6.07) is 3.24. The lowest BCUT2D eigenvalue weighted by atomic mass is 10.4.